The van der Waals surface area contributed by atoms with Gasteiger partial charge in [0.15, 0.2) is 0 Å². The topological polar surface area (TPSA) is 92.7 Å². The van der Waals surface area contributed by atoms with Crippen LogP contribution in [0.25, 0.3) is 0 Å². The third-order valence-electron chi connectivity index (χ3n) is 4.21. The summed E-state index contributed by atoms with van der Waals surface area (Å²) in [7, 11) is -2.59. The normalized spacial score (nSPS) is 13.2. The zero-order chi connectivity index (χ0) is 20.2. The van der Waals surface area contributed by atoms with Crippen LogP contribution >= 0.6 is 0 Å². The fourth-order valence-corrected chi connectivity index (χ4v) is 4.10. The Bertz CT molecular complexity index is 899. The molecule has 0 fully saturated rings. The molecule has 0 aliphatic heterocycles. The van der Waals surface area contributed by atoms with Crippen molar-refractivity contribution in [2.75, 3.05) is 7.11 Å². The Labute approximate surface area is 160 Å². The van der Waals surface area contributed by atoms with Crippen molar-refractivity contribution < 1.29 is 23.1 Å². The van der Waals surface area contributed by atoms with E-state index in [9.17, 15) is 18.3 Å². The lowest BCUT2D eigenvalue weighted by atomic mass is 9.86. The molecule has 0 aliphatic carbocycles. The summed E-state index contributed by atoms with van der Waals surface area (Å²) in [5.74, 6) is -0.898. The minimum Gasteiger partial charge on any atom is -0.495 e. The fraction of sp³-hybridized carbons (Fsp3) is 0.350. The number of carbonyl (C=O) groups is 1. The van der Waals surface area contributed by atoms with E-state index < -0.39 is 22.0 Å². The number of methoxy groups -OCH3 is 1. The SMILES string of the molecule is COc1ccccc1S(=O)(=O)NC(CC(=O)O)c1ccc(C(C)(C)C)cc1. The summed E-state index contributed by atoms with van der Waals surface area (Å²) in [6.45, 7) is 6.21. The van der Waals surface area contributed by atoms with Crippen molar-refractivity contribution >= 4 is 16.0 Å². The van der Waals surface area contributed by atoms with Gasteiger partial charge < -0.3 is 9.84 Å². The van der Waals surface area contributed by atoms with Gasteiger partial charge in [-0.3, -0.25) is 4.79 Å². The van der Waals surface area contributed by atoms with Gasteiger partial charge in [-0.15, -0.1) is 0 Å². The highest BCUT2D eigenvalue weighted by molar-refractivity contribution is 7.89. The number of hydrogen-bond donors (Lipinski definition) is 2. The lowest BCUT2D eigenvalue weighted by Crippen LogP contribution is -2.30. The first-order chi connectivity index (χ1) is 12.5. The molecular weight excluding hydrogens is 366 g/mol. The molecule has 1 unspecified atom stereocenters. The maximum absolute atomic E-state index is 12.8. The molecule has 1 atom stereocenters. The van der Waals surface area contributed by atoms with Crippen LogP contribution in [0.3, 0.4) is 0 Å². The molecule has 27 heavy (non-hydrogen) atoms. The Morgan fingerprint density at radius 2 is 1.70 bits per heavy atom. The Morgan fingerprint density at radius 3 is 2.22 bits per heavy atom. The Hall–Kier alpha value is -2.38. The lowest BCUT2D eigenvalue weighted by molar-refractivity contribution is -0.137. The third kappa shape index (κ3) is 5.30. The summed E-state index contributed by atoms with van der Waals surface area (Å²) < 4.78 is 33.3. The second-order valence-electron chi connectivity index (χ2n) is 7.29. The van der Waals surface area contributed by atoms with Crippen molar-refractivity contribution in [2.45, 2.75) is 43.5 Å². The van der Waals surface area contributed by atoms with Crippen LogP contribution < -0.4 is 9.46 Å². The third-order valence-corrected chi connectivity index (χ3v) is 5.72. The van der Waals surface area contributed by atoms with Crippen LogP contribution in [0.15, 0.2) is 53.4 Å². The number of nitrogens with one attached hydrogen (secondary N) is 1. The number of carboxylic acid groups (broad SMARTS) is 1. The van der Waals surface area contributed by atoms with E-state index in [1.807, 2.05) is 12.1 Å². The van der Waals surface area contributed by atoms with Crippen LogP contribution in [0.4, 0.5) is 0 Å². The molecule has 0 saturated heterocycles. The molecule has 0 spiro atoms. The summed E-state index contributed by atoms with van der Waals surface area (Å²) >= 11 is 0. The van der Waals surface area contributed by atoms with E-state index in [0.29, 0.717) is 5.56 Å². The average Bonchev–Trinajstić information content (AvgIpc) is 2.60. The van der Waals surface area contributed by atoms with Gasteiger partial charge in [0.1, 0.15) is 10.6 Å². The zero-order valence-electron chi connectivity index (χ0n) is 15.9. The Balaban J connectivity index is 2.38. The van der Waals surface area contributed by atoms with Gasteiger partial charge in [-0.1, -0.05) is 57.2 Å². The molecule has 6 nitrogen and oxygen atoms in total. The highest BCUT2D eigenvalue weighted by Crippen LogP contribution is 2.28. The van der Waals surface area contributed by atoms with Gasteiger partial charge in [0.25, 0.3) is 0 Å². The molecular formula is C20H25NO5S. The molecule has 7 heteroatoms. The summed E-state index contributed by atoms with van der Waals surface area (Å²) in [6.07, 6.45) is -0.372. The van der Waals surface area contributed by atoms with Crippen molar-refractivity contribution in [1.29, 1.82) is 0 Å². The van der Waals surface area contributed by atoms with Crippen molar-refractivity contribution in [3.8, 4) is 5.75 Å². The van der Waals surface area contributed by atoms with E-state index in [2.05, 4.69) is 25.5 Å². The van der Waals surface area contributed by atoms with Gasteiger partial charge >= 0.3 is 5.97 Å². The standard InChI is InChI=1S/C20H25NO5S/c1-20(2,3)15-11-9-14(10-12-15)16(13-19(22)23)21-27(24,25)18-8-6-5-7-17(18)26-4/h5-12,16,21H,13H2,1-4H3,(H,22,23). The fourth-order valence-electron chi connectivity index (χ4n) is 2.71. The molecule has 0 saturated carbocycles. The summed E-state index contributed by atoms with van der Waals surface area (Å²) in [5, 5.41) is 9.24. The first-order valence-electron chi connectivity index (χ1n) is 8.52. The van der Waals surface area contributed by atoms with Crippen LogP contribution in [0.2, 0.25) is 0 Å². The molecule has 2 N–H and O–H groups in total. The molecule has 0 aromatic heterocycles. The van der Waals surface area contributed by atoms with Crippen LogP contribution in [0, 0.1) is 0 Å². The Morgan fingerprint density at radius 1 is 1.11 bits per heavy atom. The van der Waals surface area contributed by atoms with Gasteiger partial charge in [0.2, 0.25) is 10.0 Å². The Kier molecular flexibility index (Phi) is 6.28. The number of para-hydroxylation sites is 1. The number of hydrogen-bond acceptors (Lipinski definition) is 4. The summed E-state index contributed by atoms with van der Waals surface area (Å²) in [6, 6.07) is 12.6. The predicted octanol–water partition coefficient (Wildman–Crippen LogP) is 3.49. The smallest absolute Gasteiger partial charge is 0.305 e. The minimum absolute atomic E-state index is 0.0331. The van der Waals surface area contributed by atoms with Gasteiger partial charge in [-0.2, -0.15) is 0 Å². The minimum atomic E-state index is -3.97. The van der Waals surface area contributed by atoms with Gasteiger partial charge in [-0.25, -0.2) is 13.1 Å². The number of ether oxygens (including phenoxy) is 1. The number of carboxylic acids is 1. The maximum Gasteiger partial charge on any atom is 0.305 e. The summed E-state index contributed by atoms with van der Waals surface area (Å²) in [5.41, 5.74) is 1.61. The van der Waals surface area contributed by atoms with E-state index in [-0.39, 0.29) is 22.5 Å². The quantitative estimate of drug-likeness (QED) is 0.754. The van der Waals surface area contributed by atoms with Crippen LogP contribution in [0.5, 0.6) is 5.75 Å². The summed E-state index contributed by atoms with van der Waals surface area (Å²) in [4.78, 5) is 11.3. The maximum atomic E-state index is 12.8. The highest BCUT2D eigenvalue weighted by atomic mass is 32.2. The average molecular weight is 391 g/mol. The largest absolute Gasteiger partial charge is 0.495 e. The molecule has 0 heterocycles. The van der Waals surface area contributed by atoms with E-state index in [4.69, 9.17) is 4.74 Å². The molecule has 146 valence electrons. The predicted molar refractivity (Wildman–Crippen MR) is 103 cm³/mol. The molecule has 2 aromatic carbocycles. The van der Waals surface area contributed by atoms with E-state index in [0.717, 1.165) is 5.56 Å². The number of benzene rings is 2. The van der Waals surface area contributed by atoms with E-state index in [1.54, 1.807) is 30.3 Å². The van der Waals surface area contributed by atoms with Crippen LogP contribution in [0.1, 0.15) is 44.4 Å². The zero-order valence-corrected chi connectivity index (χ0v) is 16.7. The number of rotatable bonds is 7. The van der Waals surface area contributed by atoms with E-state index in [1.165, 1.54) is 13.2 Å². The van der Waals surface area contributed by atoms with Gasteiger partial charge in [0, 0.05) is 0 Å². The molecule has 2 rings (SSSR count). The van der Waals surface area contributed by atoms with Crippen molar-refractivity contribution in [1.82, 2.24) is 4.72 Å². The first-order valence-corrected chi connectivity index (χ1v) is 10.0. The van der Waals surface area contributed by atoms with E-state index >= 15 is 0 Å². The van der Waals surface area contributed by atoms with Crippen molar-refractivity contribution in [2.24, 2.45) is 0 Å². The molecule has 0 amide bonds. The lowest BCUT2D eigenvalue weighted by Gasteiger charge is -2.22. The number of sulfonamides is 1. The highest BCUT2D eigenvalue weighted by Gasteiger charge is 2.26. The van der Waals surface area contributed by atoms with Crippen molar-refractivity contribution in [3.63, 3.8) is 0 Å². The molecule has 0 aliphatic rings. The monoisotopic (exact) mass is 391 g/mol. The second-order valence-corrected chi connectivity index (χ2v) is 8.98. The van der Waals surface area contributed by atoms with Gasteiger partial charge in [-0.05, 0) is 28.7 Å². The van der Waals surface area contributed by atoms with Crippen LogP contribution in [-0.2, 0) is 20.2 Å². The molecule has 0 radical (unpaired) electrons. The second kappa shape index (κ2) is 8.10. The number of aliphatic carboxylic acids is 1. The van der Waals surface area contributed by atoms with Crippen molar-refractivity contribution in [3.05, 3.63) is 59.7 Å². The van der Waals surface area contributed by atoms with Gasteiger partial charge in [0.05, 0.1) is 19.6 Å². The molecule has 2 aromatic rings. The first kappa shape index (κ1) is 20.9. The van der Waals surface area contributed by atoms with Crippen LogP contribution in [-0.4, -0.2) is 26.6 Å². The molecule has 0 bridgehead atoms.